The highest BCUT2D eigenvalue weighted by Crippen LogP contribution is 2.18. The third-order valence-corrected chi connectivity index (χ3v) is 3.46. The number of nitro benzene ring substituents is 1. The second-order valence-corrected chi connectivity index (χ2v) is 5.37. The molecule has 0 aromatic heterocycles. The van der Waals surface area contributed by atoms with E-state index in [9.17, 15) is 24.1 Å². The van der Waals surface area contributed by atoms with Gasteiger partial charge in [0.05, 0.1) is 17.9 Å². The number of nitrogens with zero attached hydrogens (tertiary/aromatic N) is 2. The van der Waals surface area contributed by atoms with Gasteiger partial charge in [-0.05, 0) is 24.3 Å². The number of nitro groups is 1. The van der Waals surface area contributed by atoms with Crippen LogP contribution in [0.15, 0.2) is 48.5 Å². The molecule has 2 rings (SSSR count). The molecule has 0 saturated carbocycles. The third-order valence-electron chi connectivity index (χ3n) is 3.46. The fraction of sp³-hybridized carbons (Fsp3) is 0.176. The normalized spacial score (nSPS) is 10.2. The smallest absolute Gasteiger partial charge is 0.273 e. The summed E-state index contributed by atoms with van der Waals surface area (Å²) in [6.07, 6.45) is -0.183. The lowest BCUT2D eigenvalue weighted by atomic mass is 10.1. The molecule has 0 atom stereocenters. The van der Waals surface area contributed by atoms with Crippen LogP contribution in [0.1, 0.15) is 5.56 Å². The van der Waals surface area contributed by atoms with Crippen LogP contribution in [0.4, 0.5) is 15.8 Å². The first kappa shape index (κ1) is 18.1. The summed E-state index contributed by atoms with van der Waals surface area (Å²) in [6.45, 7) is -0.225. The number of benzene rings is 2. The Morgan fingerprint density at radius 1 is 1.16 bits per heavy atom. The van der Waals surface area contributed by atoms with Gasteiger partial charge >= 0.3 is 0 Å². The van der Waals surface area contributed by atoms with E-state index in [0.717, 1.165) is 0 Å². The van der Waals surface area contributed by atoms with Gasteiger partial charge in [-0.15, -0.1) is 0 Å². The number of nitrogens with one attached hydrogen (secondary N) is 1. The van der Waals surface area contributed by atoms with Crippen LogP contribution in [-0.2, 0) is 16.0 Å². The van der Waals surface area contributed by atoms with Crippen molar-refractivity contribution < 1.29 is 18.9 Å². The molecule has 1 N–H and O–H groups in total. The number of carbonyl (C=O) groups is 2. The minimum absolute atomic E-state index is 0.139. The van der Waals surface area contributed by atoms with Gasteiger partial charge in [-0.3, -0.25) is 19.7 Å². The van der Waals surface area contributed by atoms with E-state index >= 15 is 0 Å². The molecule has 0 heterocycles. The molecular weight excluding hydrogens is 329 g/mol. The predicted molar refractivity (Wildman–Crippen MR) is 89.5 cm³/mol. The first-order valence-electron chi connectivity index (χ1n) is 7.38. The summed E-state index contributed by atoms with van der Waals surface area (Å²) in [4.78, 5) is 35.7. The Morgan fingerprint density at radius 3 is 2.44 bits per heavy atom. The summed E-state index contributed by atoms with van der Waals surface area (Å²) < 4.78 is 12.8. The van der Waals surface area contributed by atoms with Crippen molar-refractivity contribution >= 4 is 23.2 Å². The second kappa shape index (κ2) is 8.00. The van der Waals surface area contributed by atoms with Crippen molar-refractivity contribution in [2.45, 2.75) is 6.42 Å². The van der Waals surface area contributed by atoms with E-state index in [0.29, 0.717) is 5.69 Å². The van der Waals surface area contributed by atoms with E-state index in [-0.39, 0.29) is 24.2 Å². The second-order valence-electron chi connectivity index (χ2n) is 5.37. The predicted octanol–water partition coefficient (Wildman–Crippen LogP) is 2.37. The van der Waals surface area contributed by atoms with Gasteiger partial charge in [0.1, 0.15) is 5.82 Å². The van der Waals surface area contributed by atoms with Crippen LogP contribution in [0.5, 0.6) is 0 Å². The number of hydrogen-bond donors (Lipinski definition) is 1. The van der Waals surface area contributed by atoms with E-state index in [4.69, 9.17) is 0 Å². The molecule has 25 heavy (non-hydrogen) atoms. The molecule has 7 nitrogen and oxygen atoms in total. The molecule has 0 unspecified atom stereocenters. The third kappa shape index (κ3) is 5.10. The quantitative estimate of drug-likeness (QED) is 0.642. The summed E-state index contributed by atoms with van der Waals surface area (Å²) in [6, 6.07) is 11.2. The highest BCUT2D eigenvalue weighted by Gasteiger charge is 2.19. The molecular formula is C17H16FN3O4. The maximum Gasteiger partial charge on any atom is 0.273 e. The van der Waals surface area contributed by atoms with Crippen LogP contribution in [0, 0.1) is 15.9 Å². The van der Waals surface area contributed by atoms with Crippen LogP contribution < -0.4 is 5.32 Å². The van der Waals surface area contributed by atoms with Crippen molar-refractivity contribution in [3.63, 3.8) is 0 Å². The van der Waals surface area contributed by atoms with E-state index in [1.807, 2.05) is 0 Å². The topological polar surface area (TPSA) is 92.6 Å². The fourth-order valence-electron chi connectivity index (χ4n) is 2.17. The van der Waals surface area contributed by atoms with Crippen LogP contribution in [-0.4, -0.2) is 35.2 Å². The maximum atomic E-state index is 12.8. The Morgan fingerprint density at radius 2 is 1.80 bits per heavy atom. The lowest BCUT2D eigenvalue weighted by molar-refractivity contribution is -0.385. The molecule has 0 aliphatic carbocycles. The van der Waals surface area contributed by atoms with Crippen molar-refractivity contribution in [1.82, 2.24) is 4.90 Å². The van der Waals surface area contributed by atoms with E-state index < -0.39 is 22.6 Å². The van der Waals surface area contributed by atoms with Gasteiger partial charge in [-0.1, -0.05) is 18.2 Å². The van der Waals surface area contributed by atoms with Gasteiger partial charge in [0.15, 0.2) is 0 Å². The molecule has 0 aliphatic rings. The number of para-hydroxylation sites is 1. The number of amides is 2. The average Bonchev–Trinajstić information content (AvgIpc) is 2.57. The van der Waals surface area contributed by atoms with Crippen molar-refractivity contribution in [3.05, 3.63) is 70.0 Å². The summed E-state index contributed by atoms with van der Waals surface area (Å²) in [5.74, 6) is -1.30. The van der Waals surface area contributed by atoms with Gasteiger partial charge in [-0.25, -0.2) is 4.39 Å². The Bertz CT molecular complexity index is 793. The van der Waals surface area contributed by atoms with Crippen molar-refractivity contribution in [2.75, 3.05) is 18.9 Å². The van der Waals surface area contributed by atoms with Crippen molar-refractivity contribution in [1.29, 1.82) is 0 Å². The van der Waals surface area contributed by atoms with Crippen molar-refractivity contribution in [2.24, 2.45) is 0 Å². The standard InChI is InChI=1S/C17H16FN3O4/c1-20(11-16(22)19-14-8-6-13(18)7-9-14)17(23)10-12-4-2-3-5-15(12)21(24)25/h2-9H,10-11H2,1H3,(H,19,22). The van der Waals surface area contributed by atoms with E-state index in [1.165, 1.54) is 54.4 Å². The molecule has 8 heteroatoms. The van der Waals surface area contributed by atoms with Crippen LogP contribution in [0.3, 0.4) is 0 Å². The molecule has 2 aromatic rings. The molecule has 0 bridgehead atoms. The summed E-state index contributed by atoms with van der Waals surface area (Å²) in [5.41, 5.74) is 0.550. The van der Waals surface area contributed by atoms with E-state index in [1.54, 1.807) is 6.07 Å². The summed E-state index contributed by atoms with van der Waals surface area (Å²) >= 11 is 0. The molecule has 2 aromatic carbocycles. The van der Waals surface area contributed by atoms with Gasteiger partial charge in [0, 0.05) is 24.4 Å². The van der Waals surface area contributed by atoms with E-state index in [2.05, 4.69) is 5.32 Å². The number of anilines is 1. The molecule has 0 radical (unpaired) electrons. The minimum Gasteiger partial charge on any atom is -0.336 e. The Balaban J connectivity index is 1.95. The fourth-order valence-corrected chi connectivity index (χ4v) is 2.17. The monoisotopic (exact) mass is 345 g/mol. The first-order chi connectivity index (χ1) is 11.9. The Kier molecular flexibility index (Phi) is 5.78. The number of hydrogen-bond acceptors (Lipinski definition) is 4. The zero-order chi connectivity index (χ0) is 18.4. The van der Waals surface area contributed by atoms with Gasteiger partial charge < -0.3 is 10.2 Å². The molecule has 2 amide bonds. The van der Waals surface area contributed by atoms with Crippen LogP contribution in [0.2, 0.25) is 0 Å². The average molecular weight is 345 g/mol. The number of rotatable bonds is 6. The zero-order valence-corrected chi connectivity index (χ0v) is 13.4. The SMILES string of the molecule is CN(CC(=O)Nc1ccc(F)cc1)C(=O)Cc1ccccc1[N+](=O)[O-]. The summed E-state index contributed by atoms with van der Waals surface area (Å²) in [5, 5.41) is 13.5. The lowest BCUT2D eigenvalue weighted by Crippen LogP contribution is -2.35. The highest BCUT2D eigenvalue weighted by atomic mass is 19.1. The summed E-state index contributed by atoms with van der Waals surface area (Å²) in [7, 11) is 1.43. The lowest BCUT2D eigenvalue weighted by Gasteiger charge is -2.17. The van der Waals surface area contributed by atoms with Crippen LogP contribution >= 0.6 is 0 Å². The van der Waals surface area contributed by atoms with Gasteiger partial charge in [0.2, 0.25) is 11.8 Å². The van der Waals surface area contributed by atoms with Gasteiger partial charge in [-0.2, -0.15) is 0 Å². The number of likely N-dealkylation sites (N-methyl/N-ethyl adjacent to an activating group) is 1. The molecule has 0 fully saturated rings. The Labute approximate surface area is 143 Å². The minimum atomic E-state index is -0.552. The molecule has 0 saturated heterocycles. The van der Waals surface area contributed by atoms with Gasteiger partial charge in [0.25, 0.3) is 5.69 Å². The zero-order valence-electron chi connectivity index (χ0n) is 13.4. The maximum absolute atomic E-state index is 12.8. The largest absolute Gasteiger partial charge is 0.336 e. The Hall–Kier alpha value is -3.29. The molecule has 0 aliphatic heterocycles. The molecule has 130 valence electrons. The first-order valence-corrected chi connectivity index (χ1v) is 7.38. The highest BCUT2D eigenvalue weighted by molar-refractivity contribution is 5.94. The van der Waals surface area contributed by atoms with Crippen LogP contribution in [0.25, 0.3) is 0 Å². The number of carbonyl (C=O) groups excluding carboxylic acids is 2. The van der Waals surface area contributed by atoms with Crippen molar-refractivity contribution in [3.8, 4) is 0 Å². The molecule has 0 spiro atoms. The number of halogens is 1.